The smallest absolute Gasteiger partial charge is 0.0469 e. The Balaban J connectivity index is 2.29. The molecule has 0 saturated heterocycles. The largest absolute Gasteiger partial charge is 0.396 e. The van der Waals surface area contributed by atoms with Crippen molar-refractivity contribution in [3.05, 3.63) is 0 Å². The minimum absolute atomic E-state index is 0.357. The van der Waals surface area contributed by atoms with Crippen LogP contribution in [0.5, 0.6) is 0 Å². The standard InChI is InChI=1S/C8H15BrO/c9-5-8(6-10)7-3-1-2-4-7/h7-8,10H,1-6H2. The average Bonchev–Trinajstić information content (AvgIpc) is 2.43. The molecular weight excluding hydrogens is 192 g/mol. The van der Waals surface area contributed by atoms with Gasteiger partial charge >= 0.3 is 0 Å². The van der Waals surface area contributed by atoms with Crippen molar-refractivity contribution in [2.24, 2.45) is 11.8 Å². The fraction of sp³-hybridized carbons (Fsp3) is 1.00. The molecule has 0 aromatic heterocycles. The third-order valence-electron chi connectivity index (χ3n) is 2.50. The van der Waals surface area contributed by atoms with Gasteiger partial charge in [0.2, 0.25) is 0 Å². The van der Waals surface area contributed by atoms with Gasteiger partial charge in [-0.3, -0.25) is 0 Å². The van der Waals surface area contributed by atoms with Crippen LogP contribution in [0.3, 0.4) is 0 Å². The van der Waals surface area contributed by atoms with Gasteiger partial charge in [0.25, 0.3) is 0 Å². The van der Waals surface area contributed by atoms with Crippen LogP contribution < -0.4 is 0 Å². The summed E-state index contributed by atoms with van der Waals surface area (Å²) in [6, 6.07) is 0. The summed E-state index contributed by atoms with van der Waals surface area (Å²) < 4.78 is 0. The van der Waals surface area contributed by atoms with Crippen molar-refractivity contribution < 1.29 is 5.11 Å². The van der Waals surface area contributed by atoms with E-state index in [1.165, 1.54) is 25.7 Å². The van der Waals surface area contributed by atoms with Crippen LogP contribution in [0.25, 0.3) is 0 Å². The van der Waals surface area contributed by atoms with Gasteiger partial charge in [0.15, 0.2) is 0 Å². The van der Waals surface area contributed by atoms with Gasteiger partial charge in [-0.15, -0.1) is 0 Å². The molecule has 0 aliphatic heterocycles. The van der Waals surface area contributed by atoms with E-state index in [4.69, 9.17) is 5.11 Å². The zero-order chi connectivity index (χ0) is 7.40. The first-order valence-corrected chi connectivity index (χ1v) is 5.17. The number of alkyl halides is 1. The quantitative estimate of drug-likeness (QED) is 0.703. The lowest BCUT2D eigenvalue weighted by Crippen LogP contribution is -2.17. The maximum absolute atomic E-state index is 8.96. The third-order valence-corrected chi connectivity index (χ3v) is 3.33. The third kappa shape index (κ3) is 1.96. The van der Waals surface area contributed by atoms with Gasteiger partial charge in [0.05, 0.1) is 0 Å². The Bertz CT molecular complexity index is 85.3. The normalized spacial score (nSPS) is 23.4. The molecule has 0 bridgehead atoms. The van der Waals surface area contributed by atoms with E-state index in [0.717, 1.165) is 11.2 Å². The van der Waals surface area contributed by atoms with Crippen LogP contribution in [0.15, 0.2) is 0 Å². The van der Waals surface area contributed by atoms with Crippen LogP contribution in [0.2, 0.25) is 0 Å². The van der Waals surface area contributed by atoms with Crippen LogP contribution in [0.4, 0.5) is 0 Å². The summed E-state index contributed by atoms with van der Waals surface area (Å²) in [6.45, 7) is 0.357. The topological polar surface area (TPSA) is 20.2 Å². The van der Waals surface area contributed by atoms with E-state index in [2.05, 4.69) is 15.9 Å². The molecule has 0 aromatic rings. The molecule has 1 N–H and O–H groups in total. The van der Waals surface area contributed by atoms with Crippen molar-refractivity contribution in [2.45, 2.75) is 25.7 Å². The molecule has 1 rings (SSSR count). The molecule has 1 atom stereocenters. The molecule has 1 nitrogen and oxygen atoms in total. The van der Waals surface area contributed by atoms with Gasteiger partial charge in [-0.1, -0.05) is 41.6 Å². The molecule has 60 valence electrons. The van der Waals surface area contributed by atoms with Crippen molar-refractivity contribution in [3.63, 3.8) is 0 Å². The SMILES string of the molecule is OCC(CBr)C1CCCC1. The van der Waals surface area contributed by atoms with E-state index in [1.807, 2.05) is 0 Å². The molecule has 1 saturated carbocycles. The lowest BCUT2D eigenvalue weighted by molar-refractivity contribution is 0.194. The highest BCUT2D eigenvalue weighted by Gasteiger charge is 2.22. The van der Waals surface area contributed by atoms with E-state index in [-0.39, 0.29) is 0 Å². The first-order chi connectivity index (χ1) is 4.88. The van der Waals surface area contributed by atoms with E-state index < -0.39 is 0 Å². The van der Waals surface area contributed by atoms with Crippen LogP contribution in [-0.4, -0.2) is 17.0 Å². The fourth-order valence-electron chi connectivity index (χ4n) is 1.75. The van der Waals surface area contributed by atoms with Crippen molar-refractivity contribution in [1.82, 2.24) is 0 Å². The summed E-state index contributed by atoms with van der Waals surface area (Å²) in [5, 5.41) is 9.92. The number of aliphatic hydroxyl groups excluding tert-OH is 1. The number of halogens is 1. The molecule has 0 radical (unpaired) electrons. The molecule has 1 aliphatic carbocycles. The zero-order valence-electron chi connectivity index (χ0n) is 6.22. The molecule has 0 spiro atoms. The number of hydrogen-bond acceptors (Lipinski definition) is 1. The second kappa shape index (κ2) is 4.35. The Kier molecular flexibility index (Phi) is 3.71. The predicted molar refractivity (Wildman–Crippen MR) is 46.3 cm³/mol. The Hall–Kier alpha value is 0.440. The van der Waals surface area contributed by atoms with E-state index >= 15 is 0 Å². The molecule has 0 aromatic carbocycles. The van der Waals surface area contributed by atoms with E-state index in [0.29, 0.717) is 12.5 Å². The van der Waals surface area contributed by atoms with E-state index in [1.54, 1.807) is 0 Å². The summed E-state index contributed by atoms with van der Waals surface area (Å²) in [4.78, 5) is 0. The van der Waals surface area contributed by atoms with Gasteiger partial charge in [0, 0.05) is 11.9 Å². The number of rotatable bonds is 3. The summed E-state index contributed by atoms with van der Waals surface area (Å²) in [7, 11) is 0. The van der Waals surface area contributed by atoms with Gasteiger partial charge in [0.1, 0.15) is 0 Å². The monoisotopic (exact) mass is 206 g/mol. The molecule has 1 fully saturated rings. The second-order valence-electron chi connectivity index (χ2n) is 3.14. The van der Waals surface area contributed by atoms with Crippen molar-refractivity contribution in [3.8, 4) is 0 Å². The molecule has 2 heteroatoms. The van der Waals surface area contributed by atoms with Gasteiger partial charge in [-0.05, 0) is 11.8 Å². The lowest BCUT2D eigenvalue weighted by Gasteiger charge is -2.17. The predicted octanol–water partition coefficient (Wildman–Crippen LogP) is 2.18. The van der Waals surface area contributed by atoms with Crippen LogP contribution in [0, 0.1) is 11.8 Å². The van der Waals surface area contributed by atoms with Crippen LogP contribution >= 0.6 is 15.9 Å². The summed E-state index contributed by atoms with van der Waals surface area (Å²) in [5.41, 5.74) is 0. The highest BCUT2D eigenvalue weighted by atomic mass is 79.9. The summed E-state index contributed by atoms with van der Waals surface area (Å²) in [6.07, 6.45) is 5.40. The molecular formula is C8H15BrO. The Morgan fingerprint density at radius 1 is 1.40 bits per heavy atom. The first-order valence-electron chi connectivity index (χ1n) is 4.05. The summed E-state index contributed by atoms with van der Waals surface area (Å²) >= 11 is 3.43. The van der Waals surface area contributed by atoms with Crippen LogP contribution in [-0.2, 0) is 0 Å². The van der Waals surface area contributed by atoms with E-state index in [9.17, 15) is 0 Å². The highest BCUT2D eigenvalue weighted by molar-refractivity contribution is 9.09. The van der Waals surface area contributed by atoms with Gasteiger partial charge < -0.3 is 5.11 Å². The fourth-order valence-corrected chi connectivity index (χ4v) is 2.49. The maximum Gasteiger partial charge on any atom is 0.0469 e. The molecule has 0 heterocycles. The summed E-state index contributed by atoms with van der Waals surface area (Å²) in [5.74, 6) is 1.31. The Morgan fingerprint density at radius 3 is 2.40 bits per heavy atom. The number of aliphatic hydroxyl groups is 1. The van der Waals surface area contributed by atoms with Gasteiger partial charge in [-0.25, -0.2) is 0 Å². The minimum Gasteiger partial charge on any atom is -0.396 e. The zero-order valence-corrected chi connectivity index (χ0v) is 7.81. The Labute approximate surface area is 70.9 Å². The van der Waals surface area contributed by atoms with Crippen molar-refractivity contribution in [2.75, 3.05) is 11.9 Å². The number of hydrogen-bond donors (Lipinski definition) is 1. The molecule has 0 amide bonds. The lowest BCUT2D eigenvalue weighted by atomic mass is 9.94. The van der Waals surface area contributed by atoms with Crippen LogP contribution in [0.1, 0.15) is 25.7 Å². The average molecular weight is 207 g/mol. The molecule has 1 unspecified atom stereocenters. The Morgan fingerprint density at radius 2 is 2.00 bits per heavy atom. The van der Waals surface area contributed by atoms with Crippen molar-refractivity contribution in [1.29, 1.82) is 0 Å². The molecule has 10 heavy (non-hydrogen) atoms. The van der Waals surface area contributed by atoms with Gasteiger partial charge in [-0.2, -0.15) is 0 Å². The second-order valence-corrected chi connectivity index (χ2v) is 3.79. The maximum atomic E-state index is 8.96. The highest BCUT2D eigenvalue weighted by Crippen LogP contribution is 2.31. The minimum atomic E-state index is 0.357. The first kappa shape index (κ1) is 8.54. The van der Waals surface area contributed by atoms with Crippen molar-refractivity contribution >= 4 is 15.9 Å². The molecule has 1 aliphatic rings.